The van der Waals surface area contributed by atoms with E-state index in [1.54, 1.807) is 13.0 Å². The number of aryl methyl sites for hydroxylation is 1. The van der Waals surface area contributed by atoms with Gasteiger partial charge in [0.2, 0.25) is 0 Å². The molecule has 17 heavy (non-hydrogen) atoms. The number of nitrogens with two attached hydrogens (primary N) is 1. The summed E-state index contributed by atoms with van der Waals surface area (Å²) in [7, 11) is 0. The molecule has 1 saturated carbocycles. The zero-order chi connectivity index (χ0) is 12.3. The molecule has 2 rings (SSSR count). The van der Waals surface area contributed by atoms with Gasteiger partial charge in [0.25, 0.3) is 0 Å². The second-order valence-electron chi connectivity index (χ2n) is 4.86. The normalized spacial score (nSPS) is 18.9. The third-order valence-corrected chi connectivity index (χ3v) is 3.24. The maximum atomic E-state index is 10.3. The van der Waals surface area contributed by atoms with E-state index in [9.17, 15) is 5.11 Å². The molecule has 4 N–H and O–H groups in total. The summed E-state index contributed by atoms with van der Waals surface area (Å²) >= 11 is 0. The monoisotopic (exact) mass is 236 g/mol. The van der Waals surface area contributed by atoms with Crippen LogP contribution in [-0.2, 0) is 0 Å². The smallest absolute Gasteiger partial charge is 0.131 e. The predicted molar refractivity (Wildman–Crippen MR) is 67.7 cm³/mol. The van der Waals surface area contributed by atoms with Crippen LogP contribution in [0, 0.1) is 6.92 Å². The van der Waals surface area contributed by atoms with E-state index in [1.165, 1.54) is 6.42 Å². The lowest BCUT2D eigenvalue weighted by Crippen LogP contribution is -2.39. The highest BCUT2D eigenvalue weighted by Gasteiger charge is 2.28. The van der Waals surface area contributed by atoms with Gasteiger partial charge in [-0.1, -0.05) is 19.3 Å². The molecule has 1 aliphatic carbocycles. The van der Waals surface area contributed by atoms with Gasteiger partial charge in [-0.05, 0) is 19.8 Å². The van der Waals surface area contributed by atoms with Crippen molar-refractivity contribution >= 4 is 11.6 Å². The van der Waals surface area contributed by atoms with Crippen LogP contribution in [0.4, 0.5) is 11.6 Å². The van der Waals surface area contributed by atoms with E-state index >= 15 is 0 Å². The van der Waals surface area contributed by atoms with Crippen LogP contribution in [-0.4, -0.2) is 27.2 Å². The molecule has 0 atom stereocenters. The van der Waals surface area contributed by atoms with Gasteiger partial charge in [-0.25, -0.2) is 9.97 Å². The Labute approximate surface area is 101 Å². The molecule has 5 nitrogen and oxygen atoms in total. The van der Waals surface area contributed by atoms with Gasteiger partial charge in [-0.2, -0.15) is 0 Å². The third kappa shape index (κ3) is 3.30. The molecule has 1 aromatic heterocycles. The number of aliphatic hydroxyl groups is 1. The first-order chi connectivity index (χ1) is 8.07. The van der Waals surface area contributed by atoms with Crippen LogP contribution in [0.3, 0.4) is 0 Å². The van der Waals surface area contributed by atoms with E-state index in [4.69, 9.17) is 5.73 Å². The van der Waals surface area contributed by atoms with Crippen molar-refractivity contribution in [2.45, 2.75) is 44.6 Å². The fourth-order valence-electron chi connectivity index (χ4n) is 2.32. The van der Waals surface area contributed by atoms with Crippen molar-refractivity contribution < 1.29 is 5.11 Å². The lowest BCUT2D eigenvalue weighted by Gasteiger charge is -2.32. The van der Waals surface area contributed by atoms with Crippen molar-refractivity contribution in [2.24, 2.45) is 0 Å². The van der Waals surface area contributed by atoms with E-state index in [2.05, 4.69) is 15.3 Å². The Hall–Kier alpha value is -1.36. The zero-order valence-corrected chi connectivity index (χ0v) is 10.2. The van der Waals surface area contributed by atoms with Crippen LogP contribution < -0.4 is 11.1 Å². The van der Waals surface area contributed by atoms with Crippen molar-refractivity contribution in [3.63, 3.8) is 0 Å². The molecular formula is C12H20N4O. The first-order valence-electron chi connectivity index (χ1n) is 6.15. The van der Waals surface area contributed by atoms with Crippen molar-refractivity contribution in [3.8, 4) is 0 Å². The molecular weight excluding hydrogens is 216 g/mol. The van der Waals surface area contributed by atoms with Crippen LogP contribution in [0.2, 0.25) is 0 Å². The summed E-state index contributed by atoms with van der Waals surface area (Å²) < 4.78 is 0. The van der Waals surface area contributed by atoms with Crippen LogP contribution in [0.1, 0.15) is 37.9 Å². The minimum atomic E-state index is -0.591. The summed E-state index contributed by atoms with van der Waals surface area (Å²) in [6.07, 6.45) is 5.15. The Kier molecular flexibility index (Phi) is 3.47. The number of hydrogen-bond donors (Lipinski definition) is 3. The molecule has 94 valence electrons. The average molecular weight is 236 g/mol. The Morgan fingerprint density at radius 2 is 2.06 bits per heavy atom. The number of nitrogens with one attached hydrogen (secondary N) is 1. The average Bonchev–Trinajstić information content (AvgIpc) is 2.26. The maximum absolute atomic E-state index is 10.3. The number of rotatable bonds is 3. The van der Waals surface area contributed by atoms with Crippen molar-refractivity contribution in [2.75, 3.05) is 17.6 Å². The molecule has 5 heteroatoms. The summed E-state index contributed by atoms with van der Waals surface area (Å²) in [6, 6.07) is 1.69. The van der Waals surface area contributed by atoms with Crippen molar-refractivity contribution in [1.29, 1.82) is 0 Å². The minimum absolute atomic E-state index is 0.454. The predicted octanol–water partition coefficient (Wildman–Crippen LogP) is 1.47. The summed E-state index contributed by atoms with van der Waals surface area (Å²) in [5, 5.41) is 13.5. The fraction of sp³-hybridized carbons (Fsp3) is 0.667. The number of nitrogens with zero attached hydrogens (tertiary/aromatic N) is 2. The Bertz CT molecular complexity index is 368. The van der Waals surface area contributed by atoms with Crippen LogP contribution >= 0.6 is 0 Å². The summed E-state index contributed by atoms with van der Waals surface area (Å²) in [4.78, 5) is 8.25. The van der Waals surface area contributed by atoms with E-state index in [-0.39, 0.29) is 0 Å². The molecule has 0 radical (unpaired) electrons. The molecule has 1 heterocycles. The first kappa shape index (κ1) is 12.1. The summed E-state index contributed by atoms with van der Waals surface area (Å²) in [6.45, 7) is 2.33. The highest BCUT2D eigenvalue weighted by molar-refractivity contribution is 5.44. The molecule has 0 unspecified atom stereocenters. The Balaban J connectivity index is 1.96. The molecule has 1 aromatic rings. The largest absolute Gasteiger partial charge is 0.388 e. The van der Waals surface area contributed by atoms with Gasteiger partial charge in [-0.3, -0.25) is 0 Å². The molecule has 0 aromatic carbocycles. The standard InChI is InChI=1S/C12H20N4O/c1-9-15-10(13)7-11(16-9)14-8-12(17)5-3-2-4-6-12/h7,17H,2-6,8H2,1H3,(H3,13,14,15,16). The van der Waals surface area contributed by atoms with Gasteiger partial charge < -0.3 is 16.2 Å². The van der Waals surface area contributed by atoms with Crippen LogP contribution in [0.15, 0.2) is 6.07 Å². The molecule has 0 bridgehead atoms. The second kappa shape index (κ2) is 4.87. The van der Waals surface area contributed by atoms with E-state index < -0.39 is 5.60 Å². The number of hydrogen-bond acceptors (Lipinski definition) is 5. The summed E-state index contributed by atoms with van der Waals surface area (Å²) in [5.41, 5.74) is 5.06. The quantitative estimate of drug-likeness (QED) is 0.740. The first-order valence-corrected chi connectivity index (χ1v) is 6.15. The number of aromatic nitrogens is 2. The van der Waals surface area contributed by atoms with Crippen LogP contribution in [0.25, 0.3) is 0 Å². The van der Waals surface area contributed by atoms with Crippen LogP contribution in [0.5, 0.6) is 0 Å². The fourth-order valence-corrected chi connectivity index (χ4v) is 2.32. The van der Waals surface area contributed by atoms with Gasteiger partial charge in [0.1, 0.15) is 17.5 Å². The van der Waals surface area contributed by atoms with Gasteiger partial charge >= 0.3 is 0 Å². The molecule has 0 saturated heterocycles. The van der Waals surface area contributed by atoms with Gasteiger partial charge in [-0.15, -0.1) is 0 Å². The lowest BCUT2D eigenvalue weighted by molar-refractivity contribution is 0.0166. The maximum Gasteiger partial charge on any atom is 0.131 e. The number of anilines is 2. The van der Waals surface area contributed by atoms with Crippen molar-refractivity contribution in [1.82, 2.24) is 9.97 Å². The van der Waals surface area contributed by atoms with Crippen molar-refractivity contribution in [3.05, 3.63) is 11.9 Å². The van der Waals surface area contributed by atoms with Gasteiger partial charge in [0.15, 0.2) is 0 Å². The Morgan fingerprint density at radius 1 is 1.35 bits per heavy atom. The SMILES string of the molecule is Cc1nc(N)cc(NCC2(O)CCCCC2)n1. The third-order valence-electron chi connectivity index (χ3n) is 3.24. The highest BCUT2D eigenvalue weighted by Crippen LogP contribution is 2.28. The molecule has 0 aliphatic heterocycles. The number of nitrogen functional groups attached to an aromatic ring is 1. The van der Waals surface area contributed by atoms with E-state index in [1.807, 2.05) is 0 Å². The van der Waals surface area contributed by atoms with Gasteiger partial charge in [0, 0.05) is 12.6 Å². The second-order valence-corrected chi connectivity index (χ2v) is 4.86. The minimum Gasteiger partial charge on any atom is -0.388 e. The molecule has 1 aliphatic rings. The molecule has 0 spiro atoms. The molecule has 0 amide bonds. The zero-order valence-electron chi connectivity index (χ0n) is 10.2. The van der Waals surface area contributed by atoms with E-state index in [0.29, 0.717) is 24.0 Å². The lowest BCUT2D eigenvalue weighted by atomic mass is 9.85. The summed E-state index contributed by atoms with van der Waals surface area (Å²) in [5.74, 6) is 1.78. The van der Waals surface area contributed by atoms with E-state index in [0.717, 1.165) is 25.7 Å². The topological polar surface area (TPSA) is 84.1 Å². The highest BCUT2D eigenvalue weighted by atomic mass is 16.3. The molecule has 1 fully saturated rings. The van der Waals surface area contributed by atoms with Gasteiger partial charge in [0.05, 0.1) is 5.60 Å². The Morgan fingerprint density at radius 3 is 2.71 bits per heavy atom.